The van der Waals surface area contributed by atoms with Gasteiger partial charge >= 0.3 is 0 Å². The van der Waals surface area contributed by atoms with Gasteiger partial charge in [0.1, 0.15) is 5.01 Å². The van der Waals surface area contributed by atoms with E-state index >= 15 is 0 Å². The monoisotopic (exact) mass is 387 g/mol. The highest BCUT2D eigenvalue weighted by atomic mass is 32.1. The zero-order valence-corrected chi connectivity index (χ0v) is 16.3. The molecule has 0 atom stereocenters. The van der Waals surface area contributed by atoms with E-state index in [4.69, 9.17) is 0 Å². The number of nitrogens with one attached hydrogen (secondary N) is 1. The number of amides is 1. The molecule has 1 aliphatic rings. The first-order valence-electron chi connectivity index (χ1n) is 9.66. The molecule has 1 amide bonds. The van der Waals surface area contributed by atoms with Crippen LogP contribution in [0.2, 0.25) is 0 Å². The molecule has 1 fully saturated rings. The quantitative estimate of drug-likeness (QED) is 0.491. The second-order valence-corrected chi connectivity index (χ2v) is 8.30. The third kappa shape index (κ3) is 3.22. The molecule has 4 nitrogen and oxygen atoms in total. The van der Waals surface area contributed by atoms with Crippen molar-refractivity contribution in [3.8, 4) is 0 Å². The average Bonchev–Trinajstić information content (AvgIpc) is 3.36. The fourth-order valence-electron chi connectivity index (χ4n) is 4.05. The molecule has 2 aromatic carbocycles. The summed E-state index contributed by atoms with van der Waals surface area (Å²) in [6.07, 6.45) is 7.66. The molecular weight excluding hydrogens is 366 g/mol. The van der Waals surface area contributed by atoms with Gasteiger partial charge in [0.05, 0.1) is 10.2 Å². The van der Waals surface area contributed by atoms with Crippen LogP contribution in [0.25, 0.3) is 27.2 Å². The van der Waals surface area contributed by atoms with Gasteiger partial charge in [0.2, 0.25) is 5.91 Å². The van der Waals surface area contributed by atoms with Crippen LogP contribution in [0.15, 0.2) is 60.8 Å². The Morgan fingerprint density at radius 3 is 2.75 bits per heavy atom. The van der Waals surface area contributed by atoms with Crippen molar-refractivity contribution in [3.05, 3.63) is 71.4 Å². The largest absolute Gasteiger partial charge is 0.361 e. The van der Waals surface area contributed by atoms with Crippen LogP contribution in [0.3, 0.4) is 0 Å². The van der Waals surface area contributed by atoms with E-state index in [0.29, 0.717) is 5.92 Å². The lowest BCUT2D eigenvalue weighted by molar-refractivity contribution is -0.126. The van der Waals surface area contributed by atoms with Crippen LogP contribution >= 0.6 is 11.3 Å². The van der Waals surface area contributed by atoms with Gasteiger partial charge in [-0.2, -0.15) is 0 Å². The summed E-state index contributed by atoms with van der Waals surface area (Å²) in [6, 6.07) is 16.5. The highest BCUT2D eigenvalue weighted by Crippen LogP contribution is 2.33. The van der Waals surface area contributed by atoms with Gasteiger partial charge in [-0.25, -0.2) is 4.98 Å². The maximum absolute atomic E-state index is 12.6. The van der Waals surface area contributed by atoms with Gasteiger partial charge < -0.3 is 9.88 Å². The number of nitrogens with zero attached hydrogens (tertiary/aromatic N) is 2. The molecule has 0 aliphatic carbocycles. The molecule has 0 radical (unpaired) electrons. The number of thiazole rings is 1. The molecule has 0 saturated carbocycles. The van der Waals surface area contributed by atoms with Gasteiger partial charge in [-0.3, -0.25) is 4.79 Å². The number of para-hydroxylation sites is 2. The van der Waals surface area contributed by atoms with E-state index in [0.717, 1.165) is 41.2 Å². The Balaban J connectivity index is 1.24. The Kier molecular flexibility index (Phi) is 4.45. The third-order valence-corrected chi connectivity index (χ3v) is 6.55. The summed E-state index contributed by atoms with van der Waals surface area (Å²) in [6.45, 7) is 1.60. The number of likely N-dealkylation sites (tertiary alicyclic amines) is 1. The van der Waals surface area contributed by atoms with Crippen LogP contribution in [0, 0.1) is 0 Å². The highest BCUT2D eigenvalue weighted by Gasteiger charge is 2.24. The zero-order valence-electron chi connectivity index (χ0n) is 15.5. The van der Waals surface area contributed by atoms with E-state index in [2.05, 4.69) is 46.5 Å². The van der Waals surface area contributed by atoms with E-state index in [1.54, 1.807) is 17.4 Å². The lowest BCUT2D eigenvalue weighted by atomic mass is 9.89. The highest BCUT2D eigenvalue weighted by molar-refractivity contribution is 7.19. The number of aromatic nitrogens is 2. The summed E-state index contributed by atoms with van der Waals surface area (Å²) >= 11 is 1.61. The molecule has 0 unspecified atom stereocenters. The van der Waals surface area contributed by atoms with Crippen molar-refractivity contribution in [2.45, 2.75) is 18.8 Å². The van der Waals surface area contributed by atoms with Crippen LogP contribution in [-0.2, 0) is 4.79 Å². The van der Waals surface area contributed by atoms with Crippen molar-refractivity contribution in [2.75, 3.05) is 13.1 Å². The fourth-order valence-corrected chi connectivity index (χ4v) is 4.92. The van der Waals surface area contributed by atoms with Crippen LogP contribution in [0.4, 0.5) is 0 Å². The van der Waals surface area contributed by atoms with Crippen LogP contribution in [0.5, 0.6) is 0 Å². The van der Waals surface area contributed by atoms with Crippen LogP contribution in [-0.4, -0.2) is 33.9 Å². The molecular formula is C23H21N3OS. The molecule has 5 heteroatoms. The van der Waals surface area contributed by atoms with Crippen LogP contribution in [0.1, 0.15) is 29.3 Å². The number of carbonyl (C=O) groups excluding carboxylic acids is 1. The molecule has 140 valence electrons. The lowest BCUT2D eigenvalue weighted by Gasteiger charge is -2.31. The number of carbonyl (C=O) groups is 1. The zero-order chi connectivity index (χ0) is 18.9. The Labute approximate surface area is 167 Å². The molecule has 1 saturated heterocycles. The topological polar surface area (TPSA) is 49.0 Å². The number of fused-ring (bicyclic) bond motifs is 2. The summed E-state index contributed by atoms with van der Waals surface area (Å²) in [7, 11) is 0. The minimum absolute atomic E-state index is 0.0802. The molecule has 1 N–H and O–H groups in total. The summed E-state index contributed by atoms with van der Waals surface area (Å²) in [5, 5.41) is 2.19. The van der Waals surface area contributed by atoms with Crippen molar-refractivity contribution in [1.82, 2.24) is 14.9 Å². The van der Waals surface area contributed by atoms with Gasteiger partial charge in [0.15, 0.2) is 0 Å². The van der Waals surface area contributed by atoms with E-state index in [9.17, 15) is 4.79 Å². The summed E-state index contributed by atoms with van der Waals surface area (Å²) in [5.74, 6) is 0.588. The minimum atomic E-state index is 0.0802. The SMILES string of the molecule is O=C(C=Cc1nc2ccccc2s1)N1CCC(c2c[nH]c3ccccc23)CC1. The Bertz CT molecular complexity index is 1130. The number of hydrogen-bond acceptors (Lipinski definition) is 3. The van der Waals surface area contributed by atoms with E-state index < -0.39 is 0 Å². The maximum atomic E-state index is 12.6. The molecule has 3 heterocycles. The van der Waals surface area contributed by atoms with Gasteiger partial charge in [-0.1, -0.05) is 30.3 Å². The summed E-state index contributed by atoms with van der Waals surface area (Å²) < 4.78 is 1.15. The van der Waals surface area contributed by atoms with E-state index in [1.165, 1.54) is 16.5 Å². The summed E-state index contributed by atoms with van der Waals surface area (Å²) in [5.41, 5.74) is 3.56. The van der Waals surface area contributed by atoms with Gasteiger partial charge in [-0.15, -0.1) is 11.3 Å². The predicted octanol–water partition coefficient (Wildman–Crippen LogP) is 5.20. The molecule has 1 aliphatic heterocycles. The Morgan fingerprint density at radius 2 is 1.89 bits per heavy atom. The molecule has 0 spiro atoms. The minimum Gasteiger partial charge on any atom is -0.361 e. The van der Waals surface area contributed by atoms with Gasteiger partial charge in [0.25, 0.3) is 0 Å². The first-order valence-corrected chi connectivity index (χ1v) is 10.5. The standard InChI is InChI=1S/C23H21N3OS/c27-23(10-9-22-25-20-7-3-4-8-21(20)28-22)26-13-11-16(12-14-26)18-15-24-19-6-2-1-5-17(18)19/h1-10,15-16,24H,11-14H2. The van der Waals surface area contributed by atoms with E-state index in [1.807, 2.05) is 29.2 Å². The van der Waals surface area contributed by atoms with E-state index in [-0.39, 0.29) is 5.91 Å². The smallest absolute Gasteiger partial charge is 0.246 e. The first kappa shape index (κ1) is 17.2. The second kappa shape index (κ2) is 7.24. The van der Waals surface area contributed by atoms with Crippen molar-refractivity contribution in [3.63, 3.8) is 0 Å². The van der Waals surface area contributed by atoms with Crippen molar-refractivity contribution >= 4 is 44.4 Å². The molecule has 2 aromatic heterocycles. The third-order valence-electron chi connectivity index (χ3n) is 5.55. The van der Waals surface area contributed by atoms with Gasteiger partial charge in [-0.05, 0) is 48.6 Å². The van der Waals surface area contributed by atoms with Crippen LogP contribution < -0.4 is 0 Å². The molecule has 0 bridgehead atoms. The number of aromatic amines is 1. The maximum Gasteiger partial charge on any atom is 0.246 e. The Morgan fingerprint density at radius 1 is 1.11 bits per heavy atom. The lowest BCUT2D eigenvalue weighted by Crippen LogP contribution is -2.36. The normalized spacial score (nSPS) is 15.8. The fraction of sp³-hybridized carbons (Fsp3) is 0.217. The molecule has 5 rings (SSSR count). The van der Waals surface area contributed by atoms with Crippen molar-refractivity contribution in [1.29, 1.82) is 0 Å². The first-order chi connectivity index (χ1) is 13.8. The molecule has 28 heavy (non-hydrogen) atoms. The van der Waals surface area contributed by atoms with Crippen molar-refractivity contribution in [2.24, 2.45) is 0 Å². The second-order valence-electron chi connectivity index (χ2n) is 7.24. The number of H-pyrrole nitrogens is 1. The van der Waals surface area contributed by atoms with Gasteiger partial charge in [0, 0.05) is 36.3 Å². The Hall–Kier alpha value is -2.92. The number of piperidine rings is 1. The number of hydrogen-bond donors (Lipinski definition) is 1. The average molecular weight is 388 g/mol. The number of benzene rings is 2. The number of rotatable bonds is 3. The van der Waals surface area contributed by atoms with Crippen molar-refractivity contribution < 1.29 is 4.79 Å². The molecule has 4 aromatic rings. The predicted molar refractivity (Wildman–Crippen MR) is 116 cm³/mol. The summed E-state index contributed by atoms with van der Waals surface area (Å²) in [4.78, 5) is 22.5.